The van der Waals surface area contributed by atoms with Gasteiger partial charge in [-0.1, -0.05) is 6.07 Å². The van der Waals surface area contributed by atoms with E-state index in [1.165, 1.54) is 5.56 Å². The van der Waals surface area contributed by atoms with E-state index in [2.05, 4.69) is 41.3 Å². The molecule has 0 saturated carbocycles. The molecule has 0 aromatic carbocycles. The third-order valence-electron chi connectivity index (χ3n) is 3.25. The van der Waals surface area contributed by atoms with Gasteiger partial charge in [0, 0.05) is 19.3 Å². The number of aromatic nitrogens is 1. The Morgan fingerprint density at radius 1 is 1.53 bits per heavy atom. The minimum atomic E-state index is 0.175. The Morgan fingerprint density at radius 3 is 3.00 bits per heavy atom. The minimum absolute atomic E-state index is 0.175. The van der Waals surface area contributed by atoms with E-state index in [1.54, 1.807) is 0 Å². The Labute approximate surface area is 103 Å². The highest BCUT2D eigenvalue weighted by atomic mass is 16.5. The van der Waals surface area contributed by atoms with Gasteiger partial charge in [0.1, 0.15) is 0 Å². The van der Waals surface area contributed by atoms with E-state index >= 15 is 0 Å². The molecule has 4 heteroatoms. The average Bonchev–Trinajstić information content (AvgIpc) is 2.32. The van der Waals surface area contributed by atoms with E-state index in [0.717, 1.165) is 25.4 Å². The van der Waals surface area contributed by atoms with Crippen LogP contribution in [0.5, 0.6) is 0 Å². The highest BCUT2D eigenvalue weighted by molar-refractivity contribution is 5.17. The number of morpholine rings is 1. The second kappa shape index (κ2) is 5.58. The molecule has 1 saturated heterocycles. The molecule has 2 rings (SSSR count). The van der Waals surface area contributed by atoms with Crippen molar-refractivity contribution in [2.24, 2.45) is 0 Å². The summed E-state index contributed by atoms with van der Waals surface area (Å²) in [5, 5.41) is 3.19. The summed E-state index contributed by atoms with van der Waals surface area (Å²) in [5.74, 6) is 0. The van der Waals surface area contributed by atoms with Crippen molar-refractivity contribution in [3.05, 3.63) is 29.6 Å². The van der Waals surface area contributed by atoms with Gasteiger partial charge in [0.25, 0.3) is 0 Å². The number of rotatable bonds is 3. The summed E-state index contributed by atoms with van der Waals surface area (Å²) >= 11 is 0. The molecule has 4 nitrogen and oxygen atoms in total. The minimum Gasteiger partial charge on any atom is -0.374 e. The lowest BCUT2D eigenvalue weighted by atomic mass is 10.0. The Bertz CT molecular complexity index is 350. The topological polar surface area (TPSA) is 37.4 Å². The fourth-order valence-corrected chi connectivity index (χ4v) is 2.30. The summed E-state index contributed by atoms with van der Waals surface area (Å²) in [6.45, 7) is 4.67. The average molecular weight is 235 g/mol. The van der Waals surface area contributed by atoms with Crippen LogP contribution in [-0.4, -0.2) is 49.8 Å². The van der Waals surface area contributed by atoms with Crippen LogP contribution in [0.4, 0.5) is 0 Å². The molecule has 1 aromatic heterocycles. The first-order valence-corrected chi connectivity index (χ1v) is 6.11. The fraction of sp³-hybridized carbons (Fsp3) is 0.615. The zero-order valence-electron chi connectivity index (χ0n) is 10.8. The molecular formula is C13H21N3O. The lowest BCUT2D eigenvalue weighted by Gasteiger charge is -2.38. The van der Waals surface area contributed by atoms with Gasteiger partial charge in [0.05, 0.1) is 24.4 Å². The third kappa shape index (κ3) is 2.83. The standard InChI is InChI=1S/C13H21N3O/c1-10-4-5-11(15-8-10)13-12(9-14-2)17-7-6-16(13)3/h4-5,8,12-14H,6-7,9H2,1-3H3. The van der Waals surface area contributed by atoms with Gasteiger partial charge < -0.3 is 10.1 Å². The zero-order chi connectivity index (χ0) is 12.3. The van der Waals surface area contributed by atoms with Crippen LogP contribution in [0.3, 0.4) is 0 Å². The van der Waals surface area contributed by atoms with Crippen LogP contribution in [0.1, 0.15) is 17.3 Å². The molecule has 0 bridgehead atoms. The number of aryl methyl sites for hydroxylation is 1. The lowest BCUT2D eigenvalue weighted by Crippen LogP contribution is -2.47. The van der Waals surface area contributed by atoms with E-state index in [0.29, 0.717) is 0 Å². The molecule has 0 spiro atoms. The van der Waals surface area contributed by atoms with Gasteiger partial charge in [-0.3, -0.25) is 9.88 Å². The predicted octanol–water partition coefficient (Wildman–Crippen LogP) is 0.981. The van der Waals surface area contributed by atoms with E-state index in [9.17, 15) is 0 Å². The first-order valence-electron chi connectivity index (χ1n) is 6.11. The molecule has 1 aliphatic rings. The third-order valence-corrected chi connectivity index (χ3v) is 3.25. The van der Waals surface area contributed by atoms with E-state index in [-0.39, 0.29) is 12.1 Å². The fourth-order valence-electron chi connectivity index (χ4n) is 2.30. The van der Waals surface area contributed by atoms with Crippen LogP contribution in [0.2, 0.25) is 0 Å². The smallest absolute Gasteiger partial charge is 0.0911 e. The normalized spacial score (nSPS) is 26.1. The van der Waals surface area contributed by atoms with Gasteiger partial charge >= 0.3 is 0 Å². The molecular weight excluding hydrogens is 214 g/mol. The molecule has 2 heterocycles. The maximum absolute atomic E-state index is 5.84. The van der Waals surface area contributed by atoms with Crippen molar-refractivity contribution in [1.82, 2.24) is 15.2 Å². The van der Waals surface area contributed by atoms with Crippen LogP contribution in [-0.2, 0) is 4.74 Å². The SMILES string of the molecule is CNCC1OCCN(C)C1c1ccc(C)cn1. The van der Waals surface area contributed by atoms with E-state index in [1.807, 2.05) is 13.2 Å². The number of nitrogens with zero attached hydrogens (tertiary/aromatic N) is 2. The first kappa shape index (κ1) is 12.5. The molecule has 17 heavy (non-hydrogen) atoms. The number of nitrogens with one attached hydrogen (secondary N) is 1. The second-order valence-corrected chi connectivity index (χ2v) is 4.65. The number of ether oxygens (including phenoxy) is 1. The highest BCUT2D eigenvalue weighted by Gasteiger charge is 2.31. The molecule has 94 valence electrons. The van der Waals surface area contributed by atoms with Crippen molar-refractivity contribution in [3.63, 3.8) is 0 Å². The van der Waals surface area contributed by atoms with Gasteiger partial charge in [-0.25, -0.2) is 0 Å². The van der Waals surface area contributed by atoms with Crippen LogP contribution in [0.15, 0.2) is 18.3 Å². The molecule has 1 aromatic rings. The molecule has 2 atom stereocenters. The first-order chi connectivity index (χ1) is 8.22. The number of pyridine rings is 1. The van der Waals surface area contributed by atoms with Gasteiger partial charge in [-0.05, 0) is 32.6 Å². The van der Waals surface area contributed by atoms with Crippen molar-refractivity contribution < 1.29 is 4.74 Å². The second-order valence-electron chi connectivity index (χ2n) is 4.65. The Hall–Kier alpha value is -0.970. The van der Waals surface area contributed by atoms with Crippen molar-refractivity contribution in [2.75, 3.05) is 33.8 Å². The zero-order valence-corrected chi connectivity index (χ0v) is 10.8. The maximum atomic E-state index is 5.84. The maximum Gasteiger partial charge on any atom is 0.0911 e. The summed E-state index contributed by atoms with van der Waals surface area (Å²) in [6, 6.07) is 4.46. The van der Waals surface area contributed by atoms with Crippen molar-refractivity contribution in [2.45, 2.75) is 19.1 Å². The van der Waals surface area contributed by atoms with Gasteiger partial charge in [0.2, 0.25) is 0 Å². The van der Waals surface area contributed by atoms with Crippen molar-refractivity contribution >= 4 is 0 Å². The van der Waals surface area contributed by atoms with Crippen molar-refractivity contribution in [3.8, 4) is 0 Å². The molecule has 1 aliphatic heterocycles. The van der Waals surface area contributed by atoms with E-state index in [4.69, 9.17) is 4.74 Å². The Balaban J connectivity index is 2.21. The number of hydrogen-bond acceptors (Lipinski definition) is 4. The molecule has 0 aliphatic carbocycles. The van der Waals surface area contributed by atoms with Crippen LogP contribution < -0.4 is 5.32 Å². The van der Waals surface area contributed by atoms with Crippen molar-refractivity contribution in [1.29, 1.82) is 0 Å². The lowest BCUT2D eigenvalue weighted by molar-refractivity contribution is -0.0619. The summed E-state index contributed by atoms with van der Waals surface area (Å²) in [5.41, 5.74) is 2.29. The van der Waals surface area contributed by atoms with Gasteiger partial charge in [0.15, 0.2) is 0 Å². The summed E-state index contributed by atoms with van der Waals surface area (Å²) in [7, 11) is 4.09. The van der Waals surface area contributed by atoms with Crippen LogP contribution >= 0.6 is 0 Å². The monoisotopic (exact) mass is 235 g/mol. The van der Waals surface area contributed by atoms with Crippen LogP contribution in [0, 0.1) is 6.92 Å². The highest BCUT2D eigenvalue weighted by Crippen LogP contribution is 2.26. The summed E-state index contributed by atoms with van der Waals surface area (Å²) in [6.07, 6.45) is 2.10. The molecule has 2 unspecified atom stereocenters. The predicted molar refractivity (Wildman–Crippen MR) is 68.0 cm³/mol. The molecule has 0 amide bonds. The summed E-state index contributed by atoms with van der Waals surface area (Å²) < 4.78 is 5.84. The van der Waals surface area contributed by atoms with Gasteiger partial charge in [-0.2, -0.15) is 0 Å². The molecule has 1 N–H and O–H groups in total. The Kier molecular flexibility index (Phi) is 4.10. The molecule has 0 radical (unpaired) electrons. The molecule has 1 fully saturated rings. The van der Waals surface area contributed by atoms with Crippen LogP contribution in [0.25, 0.3) is 0 Å². The number of hydrogen-bond donors (Lipinski definition) is 1. The number of likely N-dealkylation sites (N-methyl/N-ethyl adjacent to an activating group) is 2. The van der Waals surface area contributed by atoms with E-state index < -0.39 is 0 Å². The summed E-state index contributed by atoms with van der Waals surface area (Å²) in [4.78, 5) is 6.86. The largest absolute Gasteiger partial charge is 0.374 e. The quantitative estimate of drug-likeness (QED) is 0.847. The Morgan fingerprint density at radius 2 is 2.35 bits per heavy atom. The van der Waals surface area contributed by atoms with Gasteiger partial charge in [-0.15, -0.1) is 0 Å².